The van der Waals surface area contributed by atoms with Crippen LogP contribution in [0.5, 0.6) is 0 Å². The van der Waals surface area contributed by atoms with Gasteiger partial charge in [0.1, 0.15) is 0 Å². The second kappa shape index (κ2) is 3.02. The monoisotopic (exact) mass is 148 g/mol. The van der Waals surface area contributed by atoms with E-state index in [4.69, 9.17) is 0 Å². The molecular formula is C6H12S2. The molecule has 0 spiro atoms. The average molecular weight is 148 g/mol. The Bertz CT molecular complexity index is 64.9. The fraction of sp³-hybridized carbons (Fsp3) is 1.00. The van der Waals surface area contributed by atoms with Crippen LogP contribution in [0.3, 0.4) is 0 Å². The molecule has 0 atom stereocenters. The van der Waals surface area contributed by atoms with Crippen molar-refractivity contribution in [1.82, 2.24) is 0 Å². The first kappa shape index (κ1) is 6.81. The van der Waals surface area contributed by atoms with E-state index in [2.05, 4.69) is 13.8 Å². The Morgan fingerprint density at radius 1 is 1.38 bits per heavy atom. The number of rotatable bonds is 3. The minimum absolute atomic E-state index is 0.900. The van der Waals surface area contributed by atoms with Gasteiger partial charge in [-0.15, -0.1) is 0 Å². The summed E-state index contributed by atoms with van der Waals surface area (Å²) in [6, 6.07) is 0. The number of hydrogen-bond donors (Lipinski definition) is 0. The quantitative estimate of drug-likeness (QED) is 0.445. The molecule has 0 saturated carbocycles. The molecule has 48 valence electrons. The van der Waals surface area contributed by atoms with Crippen LogP contribution in [0.1, 0.15) is 26.7 Å². The highest BCUT2D eigenvalue weighted by Gasteiger charge is 2.23. The minimum atomic E-state index is 0.900. The molecule has 0 amide bonds. The topological polar surface area (TPSA) is 0 Å². The molecule has 0 aliphatic carbocycles. The average Bonchev–Trinajstić information content (AvgIpc) is 2.41. The highest BCUT2D eigenvalue weighted by atomic mass is 33.2. The molecule has 0 radical (unpaired) electrons. The summed E-state index contributed by atoms with van der Waals surface area (Å²) in [7, 11) is 4.05. The van der Waals surface area contributed by atoms with Crippen molar-refractivity contribution in [3.63, 3.8) is 0 Å². The van der Waals surface area contributed by atoms with Crippen LogP contribution in [0.2, 0.25) is 0 Å². The van der Waals surface area contributed by atoms with Gasteiger partial charge >= 0.3 is 0 Å². The fourth-order valence-corrected chi connectivity index (χ4v) is 1.96. The van der Waals surface area contributed by atoms with E-state index in [-0.39, 0.29) is 0 Å². The van der Waals surface area contributed by atoms with Crippen molar-refractivity contribution in [2.24, 2.45) is 5.92 Å². The maximum Gasteiger partial charge on any atom is 0.0710 e. The smallest absolute Gasteiger partial charge is 0.0710 e. The second-order valence-electron chi connectivity index (χ2n) is 2.59. The Morgan fingerprint density at radius 3 is 2.38 bits per heavy atom. The molecule has 1 heterocycles. The van der Waals surface area contributed by atoms with Crippen molar-refractivity contribution in [2.45, 2.75) is 31.3 Å². The standard InChI is InChI=1S/C6H12S2/c1-5(2)3-4-6-7-8-6/h5-6H,3-4H2,1-2H3. The zero-order valence-electron chi connectivity index (χ0n) is 5.39. The summed E-state index contributed by atoms with van der Waals surface area (Å²) in [4.78, 5) is 0. The van der Waals surface area contributed by atoms with Crippen LogP contribution >= 0.6 is 21.6 Å². The van der Waals surface area contributed by atoms with E-state index >= 15 is 0 Å². The Morgan fingerprint density at radius 2 is 2.00 bits per heavy atom. The highest BCUT2D eigenvalue weighted by molar-refractivity contribution is 8.92. The molecular weight excluding hydrogens is 136 g/mol. The molecule has 1 saturated heterocycles. The third-order valence-electron chi connectivity index (χ3n) is 1.21. The molecule has 2 heteroatoms. The van der Waals surface area contributed by atoms with Gasteiger partial charge in [0.05, 0.1) is 4.58 Å². The van der Waals surface area contributed by atoms with Gasteiger partial charge in [-0.25, -0.2) is 0 Å². The van der Waals surface area contributed by atoms with E-state index in [0.29, 0.717) is 0 Å². The van der Waals surface area contributed by atoms with Crippen molar-refractivity contribution in [3.05, 3.63) is 0 Å². The largest absolute Gasteiger partial charge is 0.0777 e. The fourth-order valence-electron chi connectivity index (χ4n) is 0.605. The highest BCUT2D eigenvalue weighted by Crippen LogP contribution is 2.55. The van der Waals surface area contributed by atoms with Crippen LogP contribution in [-0.4, -0.2) is 4.58 Å². The summed E-state index contributed by atoms with van der Waals surface area (Å²) in [5.74, 6) is 0.900. The molecule has 1 fully saturated rings. The lowest BCUT2D eigenvalue weighted by Crippen LogP contribution is -1.88. The van der Waals surface area contributed by atoms with Crippen molar-refractivity contribution < 1.29 is 0 Å². The summed E-state index contributed by atoms with van der Waals surface area (Å²) >= 11 is 0. The molecule has 1 rings (SSSR count). The van der Waals surface area contributed by atoms with Gasteiger partial charge in [-0.3, -0.25) is 0 Å². The summed E-state index contributed by atoms with van der Waals surface area (Å²) < 4.78 is 0.970. The van der Waals surface area contributed by atoms with Gasteiger partial charge in [-0.2, -0.15) is 0 Å². The molecule has 1 aliphatic rings. The zero-order chi connectivity index (χ0) is 5.98. The van der Waals surface area contributed by atoms with Crippen molar-refractivity contribution >= 4 is 21.6 Å². The van der Waals surface area contributed by atoms with Gasteiger partial charge in [-0.1, -0.05) is 35.4 Å². The summed E-state index contributed by atoms with van der Waals surface area (Å²) in [5, 5.41) is 0. The molecule has 0 nitrogen and oxygen atoms in total. The normalized spacial score (nSPS) is 19.9. The van der Waals surface area contributed by atoms with Crippen LogP contribution in [0.4, 0.5) is 0 Å². The molecule has 0 bridgehead atoms. The summed E-state index contributed by atoms with van der Waals surface area (Å²) in [5.41, 5.74) is 0. The summed E-state index contributed by atoms with van der Waals surface area (Å²) in [6.45, 7) is 4.58. The van der Waals surface area contributed by atoms with Gasteiger partial charge in [0.25, 0.3) is 0 Å². The van der Waals surface area contributed by atoms with E-state index in [1.165, 1.54) is 12.8 Å². The van der Waals surface area contributed by atoms with E-state index in [0.717, 1.165) is 10.5 Å². The first-order chi connectivity index (χ1) is 3.79. The van der Waals surface area contributed by atoms with Crippen LogP contribution in [0.25, 0.3) is 0 Å². The van der Waals surface area contributed by atoms with Crippen LogP contribution < -0.4 is 0 Å². The van der Waals surface area contributed by atoms with E-state index in [1.807, 2.05) is 21.6 Å². The molecule has 0 N–H and O–H groups in total. The van der Waals surface area contributed by atoms with Crippen molar-refractivity contribution in [2.75, 3.05) is 0 Å². The Labute approximate surface area is 59.2 Å². The summed E-state index contributed by atoms with van der Waals surface area (Å²) in [6.07, 6.45) is 2.83. The molecule has 0 unspecified atom stereocenters. The van der Waals surface area contributed by atoms with Crippen LogP contribution in [-0.2, 0) is 0 Å². The molecule has 0 aromatic rings. The molecule has 8 heavy (non-hydrogen) atoms. The molecule has 0 aromatic heterocycles. The minimum Gasteiger partial charge on any atom is -0.0777 e. The lowest BCUT2D eigenvalue weighted by atomic mass is 10.1. The first-order valence-electron chi connectivity index (χ1n) is 3.11. The Hall–Kier alpha value is 0.700. The van der Waals surface area contributed by atoms with Gasteiger partial charge in [0.2, 0.25) is 0 Å². The third-order valence-corrected chi connectivity index (χ3v) is 3.54. The predicted molar refractivity (Wildman–Crippen MR) is 43.0 cm³/mol. The van der Waals surface area contributed by atoms with E-state index in [9.17, 15) is 0 Å². The van der Waals surface area contributed by atoms with Crippen molar-refractivity contribution in [1.29, 1.82) is 0 Å². The van der Waals surface area contributed by atoms with Crippen LogP contribution in [0, 0.1) is 5.92 Å². The Balaban J connectivity index is 1.87. The lowest BCUT2D eigenvalue weighted by molar-refractivity contribution is 0.575. The Kier molecular flexibility index (Phi) is 2.57. The van der Waals surface area contributed by atoms with E-state index < -0.39 is 0 Å². The molecule has 1 aliphatic heterocycles. The predicted octanol–water partition coefficient (Wildman–Crippen LogP) is 3.14. The van der Waals surface area contributed by atoms with Gasteiger partial charge in [0.15, 0.2) is 0 Å². The maximum absolute atomic E-state index is 2.29. The van der Waals surface area contributed by atoms with Gasteiger partial charge in [0, 0.05) is 0 Å². The molecule has 0 aromatic carbocycles. The van der Waals surface area contributed by atoms with Crippen LogP contribution in [0.15, 0.2) is 0 Å². The zero-order valence-corrected chi connectivity index (χ0v) is 7.02. The van der Waals surface area contributed by atoms with Gasteiger partial charge in [-0.05, 0) is 18.8 Å². The number of hydrogen-bond acceptors (Lipinski definition) is 2. The van der Waals surface area contributed by atoms with Crippen molar-refractivity contribution in [3.8, 4) is 0 Å². The SMILES string of the molecule is CC(C)CCC1SS1. The first-order valence-corrected chi connectivity index (χ1v) is 5.39. The second-order valence-corrected chi connectivity index (χ2v) is 5.57. The van der Waals surface area contributed by atoms with Gasteiger partial charge < -0.3 is 0 Å². The maximum atomic E-state index is 2.29. The lowest BCUT2D eigenvalue weighted by Gasteiger charge is -1.98. The van der Waals surface area contributed by atoms with E-state index in [1.54, 1.807) is 0 Å². The third kappa shape index (κ3) is 2.88.